The normalized spacial score (nSPS) is 23.9. The van der Waals surface area contributed by atoms with Crippen molar-refractivity contribution in [1.82, 2.24) is 9.55 Å². The molecule has 4 heteroatoms. The van der Waals surface area contributed by atoms with Crippen LogP contribution < -0.4 is 5.73 Å². The molecule has 19 heavy (non-hydrogen) atoms. The highest BCUT2D eigenvalue weighted by molar-refractivity contribution is 5.79. The van der Waals surface area contributed by atoms with Crippen LogP contribution in [-0.2, 0) is 0 Å². The highest BCUT2D eigenvalue weighted by atomic mass is 19.1. The van der Waals surface area contributed by atoms with Gasteiger partial charge in [-0.3, -0.25) is 0 Å². The lowest BCUT2D eigenvalue weighted by atomic mass is 9.85. The van der Waals surface area contributed by atoms with E-state index in [1.165, 1.54) is 25.3 Å². The maximum absolute atomic E-state index is 13.6. The lowest BCUT2D eigenvalue weighted by Gasteiger charge is -2.31. The van der Waals surface area contributed by atoms with E-state index in [4.69, 9.17) is 5.73 Å². The highest BCUT2D eigenvalue weighted by Crippen LogP contribution is 2.37. The van der Waals surface area contributed by atoms with Gasteiger partial charge in [-0.2, -0.15) is 0 Å². The van der Waals surface area contributed by atoms with Crippen molar-refractivity contribution in [2.24, 2.45) is 5.92 Å². The Bertz CT molecular complexity index is 617. The highest BCUT2D eigenvalue weighted by Gasteiger charge is 2.26. The fourth-order valence-corrected chi connectivity index (χ4v) is 3.27. The molecule has 3 nitrogen and oxygen atoms in total. The van der Waals surface area contributed by atoms with Crippen molar-refractivity contribution >= 4 is 17.0 Å². The number of nitrogen functional groups attached to an aromatic ring is 1. The number of anilines is 1. The van der Waals surface area contributed by atoms with E-state index in [0.29, 0.717) is 29.0 Å². The van der Waals surface area contributed by atoms with E-state index in [1.807, 2.05) is 6.07 Å². The van der Waals surface area contributed by atoms with E-state index >= 15 is 0 Å². The third-order valence-electron chi connectivity index (χ3n) is 4.40. The third-order valence-corrected chi connectivity index (χ3v) is 4.40. The van der Waals surface area contributed by atoms with Gasteiger partial charge in [0.2, 0.25) is 5.95 Å². The summed E-state index contributed by atoms with van der Waals surface area (Å²) in [6.07, 6.45) is 4.88. The zero-order valence-corrected chi connectivity index (χ0v) is 11.5. The molecule has 102 valence electrons. The van der Waals surface area contributed by atoms with Gasteiger partial charge in [0, 0.05) is 12.1 Å². The van der Waals surface area contributed by atoms with E-state index < -0.39 is 0 Å². The molecule has 2 unspecified atom stereocenters. The number of benzene rings is 1. The van der Waals surface area contributed by atoms with Gasteiger partial charge in [0.15, 0.2) is 0 Å². The molecule has 0 spiro atoms. The van der Waals surface area contributed by atoms with Crippen LogP contribution >= 0.6 is 0 Å². The zero-order valence-electron chi connectivity index (χ0n) is 11.5. The molecule has 0 amide bonds. The van der Waals surface area contributed by atoms with Crippen LogP contribution in [0, 0.1) is 18.7 Å². The van der Waals surface area contributed by atoms with Gasteiger partial charge in [0.05, 0.1) is 11.0 Å². The van der Waals surface area contributed by atoms with Crippen LogP contribution in [0.1, 0.15) is 44.2 Å². The molecule has 0 radical (unpaired) electrons. The third kappa shape index (κ3) is 1.99. The Labute approximate surface area is 112 Å². The van der Waals surface area contributed by atoms with E-state index in [2.05, 4.69) is 16.5 Å². The van der Waals surface area contributed by atoms with E-state index in [1.54, 1.807) is 6.92 Å². The summed E-state index contributed by atoms with van der Waals surface area (Å²) in [5, 5.41) is 0. The van der Waals surface area contributed by atoms with Crippen molar-refractivity contribution in [3.8, 4) is 0 Å². The van der Waals surface area contributed by atoms with Crippen LogP contribution in [-0.4, -0.2) is 9.55 Å². The first kappa shape index (κ1) is 12.5. The Morgan fingerprint density at radius 1 is 1.32 bits per heavy atom. The molecule has 1 aromatic heterocycles. The van der Waals surface area contributed by atoms with E-state index in [-0.39, 0.29) is 5.82 Å². The minimum atomic E-state index is -0.214. The number of aromatic nitrogens is 2. The first-order valence-electron chi connectivity index (χ1n) is 7.01. The summed E-state index contributed by atoms with van der Waals surface area (Å²) in [6, 6.07) is 3.75. The number of nitrogens with two attached hydrogens (primary N) is 1. The summed E-state index contributed by atoms with van der Waals surface area (Å²) >= 11 is 0. The maximum atomic E-state index is 13.6. The van der Waals surface area contributed by atoms with Crippen LogP contribution in [0.3, 0.4) is 0 Å². The maximum Gasteiger partial charge on any atom is 0.201 e. The minimum absolute atomic E-state index is 0.214. The number of halogens is 1. The monoisotopic (exact) mass is 261 g/mol. The molecular formula is C15H20FN3. The smallest absolute Gasteiger partial charge is 0.201 e. The molecule has 2 atom stereocenters. The summed E-state index contributed by atoms with van der Waals surface area (Å²) in [7, 11) is 0. The molecule has 1 heterocycles. The Balaban J connectivity index is 2.16. The molecule has 1 aliphatic rings. The molecule has 1 aliphatic carbocycles. The van der Waals surface area contributed by atoms with Gasteiger partial charge in [-0.05, 0) is 37.3 Å². The molecule has 2 N–H and O–H groups in total. The first-order valence-corrected chi connectivity index (χ1v) is 7.01. The second kappa shape index (κ2) is 4.51. The lowest BCUT2D eigenvalue weighted by molar-refractivity contribution is 0.264. The van der Waals surface area contributed by atoms with Crippen LogP contribution in [0.4, 0.5) is 10.3 Å². The number of nitrogens with zero attached hydrogens (tertiary/aromatic N) is 2. The number of rotatable bonds is 1. The summed E-state index contributed by atoms with van der Waals surface area (Å²) in [5.41, 5.74) is 8.36. The fourth-order valence-electron chi connectivity index (χ4n) is 3.27. The number of hydrogen-bond acceptors (Lipinski definition) is 2. The summed E-state index contributed by atoms with van der Waals surface area (Å²) in [6.45, 7) is 4.05. The number of aryl methyl sites for hydroxylation is 1. The van der Waals surface area contributed by atoms with Crippen LogP contribution in [0.15, 0.2) is 12.1 Å². The average Bonchev–Trinajstić information content (AvgIpc) is 2.66. The predicted molar refractivity (Wildman–Crippen MR) is 75.5 cm³/mol. The Hall–Kier alpha value is -1.58. The fraction of sp³-hybridized carbons (Fsp3) is 0.533. The predicted octanol–water partition coefficient (Wildman–Crippen LogP) is 3.82. The van der Waals surface area contributed by atoms with Crippen molar-refractivity contribution in [1.29, 1.82) is 0 Å². The second-order valence-corrected chi connectivity index (χ2v) is 5.76. The summed E-state index contributed by atoms with van der Waals surface area (Å²) in [5.74, 6) is 0.895. The summed E-state index contributed by atoms with van der Waals surface area (Å²) < 4.78 is 15.7. The quantitative estimate of drug-likeness (QED) is 0.848. The second-order valence-electron chi connectivity index (χ2n) is 5.76. The van der Waals surface area contributed by atoms with Gasteiger partial charge >= 0.3 is 0 Å². The zero-order chi connectivity index (χ0) is 13.6. The SMILES string of the molecule is Cc1cc2c(cc1F)nc(N)n2C1CCCCC1C. The van der Waals surface area contributed by atoms with Crippen molar-refractivity contribution < 1.29 is 4.39 Å². The van der Waals surface area contributed by atoms with Crippen molar-refractivity contribution in [2.45, 2.75) is 45.6 Å². The van der Waals surface area contributed by atoms with Crippen molar-refractivity contribution in [3.63, 3.8) is 0 Å². The average molecular weight is 261 g/mol. The largest absolute Gasteiger partial charge is 0.369 e. The van der Waals surface area contributed by atoms with Gasteiger partial charge < -0.3 is 10.3 Å². The van der Waals surface area contributed by atoms with Crippen molar-refractivity contribution in [3.05, 3.63) is 23.5 Å². The first-order chi connectivity index (χ1) is 9.08. The number of hydrogen-bond donors (Lipinski definition) is 1. The molecular weight excluding hydrogens is 241 g/mol. The van der Waals surface area contributed by atoms with Gasteiger partial charge in [-0.1, -0.05) is 19.8 Å². The van der Waals surface area contributed by atoms with Gasteiger partial charge in [-0.25, -0.2) is 9.37 Å². The van der Waals surface area contributed by atoms with Crippen LogP contribution in [0.2, 0.25) is 0 Å². The molecule has 1 fully saturated rings. The summed E-state index contributed by atoms with van der Waals surface area (Å²) in [4.78, 5) is 4.33. The molecule has 1 saturated carbocycles. The molecule has 3 rings (SSSR count). The van der Waals surface area contributed by atoms with E-state index in [9.17, 15) is 4.39 Å². The topological polar surface area (TPSA) is 43.8 Å². The molecule has 1 aromatic carbocycles. The molecule has 0 saturated heterocycles. The van der Waals surface area contributed by atoms with Crippen LogP contribution in [0.5, 0.6) is 0 Å². The van der Waals surface area contributed by atoms with E-state index in [0.717, 1.165) is 11.9 Å². The number of imidazole rings is 1. The molecule has 2 aromatic rings. The molecule has 0 aliphatic heterocycles. The lowest BCUT2D eigenvalue weighted by Crippen LogP contribution is -2.22. The van der Waals surface area contributed by atoms with Crippen molar-refractivity contribution in [2.75, 3.05) is 5.73 Å². The Kier molecular flexibility index (Phi) is 2.96. The Morgan fingerprint density at radius 3 is 2.79 bits per heavy atom. The van der Waals surface area contributed by atoms with Gasteiger partial charge in [-0.15, -0.1) is 0 Å². The minimum Gasteiger partial charge on any atom is -0.369 e. The molecule has 0 bridgehead atoms. The standard InChI is InChI=1S/C15H20FN3/c1-9-5-3-4-6-13(9)19-14-7-10(2)11(16)8-12(14)18-15(19)17/h7-9,13H,3-6H2,1-2H3,(H2,17,18). The van der Waals surface area contributed by atoms with Gasteiger partial charge in [0.1, 0.15) is 5.82 Å². The number of fused-ring (bicyclic) bond motifs is 1. The van der Waals surface area contributed by atoms with Crippen LogP contribution in [0.25, 0.3) is 11.0 Å². The Morgan fingerprint density at radius 2 is 2.05 bits per heavy atom. The van der Waals surface area contributed by atoms with Gasteiger partial charge in [0.25, 0.3) is 0 Å².